The first-order valence-corrected chi connectivity index (χ1v) is 9.93. The molecule has 3 aromatic carbocycles. The van der Waals surface area contributed by atoms with Crippen molar-refractivity contribution < 1.29 is 14.0 Å². The Morgan fingerprint density at radius 1 is 0.867 bits per heavy atom. The zero-order valence-corrected chi connectivity index (χ0v) is 16.3. The van der Waals surface area contributed by atoms with Gasteiger partial charge in [-0.25, -0.2) is 0 Å². The number of amides is 2. The van der Waals surface area contributed by atoms with Crippen molar-refractivity contribution in [2.75, 3.05) is 11.9 Å². The van der Waals surface area contributed by atoms with Crippen molar-refractivity contribution in [3.63, 3.8) is 0 Å². The predicted molar refractivity (Wildman–Crippen MR) is 115 cm³/mol. The van der Waals surface area contributed by atoms with E-state index < -0.39 is 0 Å². The number of hydrogen-bond donors (Lipinski definition) is 1. The molecule has 5 nitrogen and oxygen atoms in total. The topological polar surface area (TPSA) is 62.6 Å². The molecule has 0 atom stereocenters. The molecule has 5 heteroatoms. The Kier molecular flexibility index (Phi) is 4.56. The van der Waals surface area contributed by atoms with Gasteiger partial charge in [0.15, 0.2) is 5.76 Å². The third kappa shape index (κ3) is 3.46. The SMILES string of the molecule is O=C(Nc1ccc2c(c1)CN(C(=O)c1ccccc1)CC2)c1cc2ccccc2o1. The standard InChI is InChI=1S/C25H20N2O3/c28-24(23-15-19-8-4-5-9-22(19)30-23)26-21-11-10-17-12-13-27(16-20(17)14-21)25(29)18-6-2-1-3-7-18/h1-11,14-15H,12-13,16H2,(H,26,28). The van der Waals surface area contributed by atoms with Gasteiger partial charge in [-0.05, 0) is 53.9 Å². The molecular formula is C25H20N2O3. The molecule has 0 aliphatic carbocycles. The summed E-state index contributed by atoms with van der Waals surface area (Å²) in [5.74, 6) is 0.00643. The maximum absolute atomic E-state index is 12.8. The fraction of sp³-hybridized carbons (Fsp3) is 0.120. The summed E-state index contributed by atoms with van der Waals surface area (Å²) >= 11 is 0. The summed E-state index contributed by atoms with van der Waals surface area (Å²) in [6, 6.07) is 24.4. The average Bonchev–Trinajstić information content (AvgIpc) is 3.23. The van der Waals surface area contributed by atoms with E-state index in [9.17, 15) is 9.59 Å². The predicted octanol–water partition coefficient (Wildman–Crippen LogP) is 4.88. The van der Waals surface area contributed by atoms with Crippen molar-refractivity contribution in [1.29, 1.82) is 0 Å². The lowest BCUT2D eigenvalue weighted by atomic mass is 9.98. The third-order valence-electron chi connectivity index (χ3n) is 5.43. The number of fused-ring (bicyclic) bond motifs is 2. The van der Waals surface area contributed by atoms with Crippen LogP contribution in [-0.2, 0) is 13.0 Å². The maximum Gasteiger partial charge on any atom is 0.291 e. The van der Waals surface area contributed by atoms with E-state index in [0.29, 0.717) is 29.9 Å². The second-order valence-electron chi connectivity index (χ2n) is 7.43. The Bertz CT molecular complexity index is 1210. The molecule has 5 rings (SSSR count). The first kappa shape index (κ1) is 18.2. The molecule has 0 spiro atoms. The van der Waals surface area contributed by atoms with Crippen molar-refractivity contribution in [3.8, 4) is 0 Å². The molecule has 0 saturated heterocycles. The van der Waals surface area contributed by atoms with Crippen LogP contribution in [0.2, 0.25) is 0 Å². The summed E-state index contributed by atoms with van der Waals surface area (Å²) in [6.07, 6.45) is 0.797. The Labute approximate surface area is 173 Å². The van der Waals surface area contributed by atoms with Gasteiger partial charge in [-0.15, -0.1) is 0 Å². The maximum atomic E-state index is 12.8. The highest BCUT2D eigenvalue weighted by Crippen LogP contribution is 2.25. The van der Waals surface area contributed by atoms with E-state index >= 15 is 0 Å². The van der Waals surface area contributed by atoms with E-state index in [1.165, 1.54) is 5.56 Å². The van der Waals surface area contributed by atoms with Gasteiger partial charge >= 0.3 is 0 Å². The zero-order valence-electron chi connectivity index (χ0n) is 16.3. The monoisotopic (exact) mass is 396 g/mol. The first-order chi connectivity index (χ1) is 14.7. The molecule has 4 aromatic rings. The number of carbonyl (C=O) groups excluding carboxylic acids is 2. The molecule has 1 aliphatic rings. The number of nitrogens with one attached hydrogen (secondary N) is 1. The number of furan rings is 1. The molecular weight excluding hydrogens is 376 g/mol. The van der Waals surface area contributed by atoms with Crippen LogP contribution in [0.4, 0.5) is 5.69 Å². The molecule has 30 heavy (non-hydrogen) atoms. The van der Waals surface area contributed by atoms with E-state index in [2.05, 4.69) is 5.32 Å². The van der Waals surface area contributed by atoms with E-state index in [-0.39, 0.29) is 17.6 Å². The second-order valence-corrected chi connectivity index (χ2v) is 7.43. The molecule has 2 amide bonds. The molecule has 2 heterocycles. The van der Waals surface area contributed by atoms with Gasteiger partial charge in [-0.2, -0.15) is 0 Å². The van der Waals surface area contributed by atoms with Crippen molar-refractivity contribution in [2.45, 2.75) is 13.0 Å². The quantitative estimate of drug-likeness (QED) is 0.537. The van der Waals surface area contributed by atoms with Gasteiger partial charge in [0.25, 0.3) is 11.8 Å². The van der Waals surface area contributed by atoms with Crippen LogP contribution < -0.4 is 5.32 Å². The highest BCUT2D eigenvalue weighted by molar-refractivity contribution is 6.04. The first-order valence-electron chi connectivity index (χ1n) is 9.93. The van der Waals surface area contributed by atoms with Crippen LogP contribution in [0.25, 0.3) is 11.0 Å². The van der Waals surface area contributed by atoms with Gasteiger partial charge in [0.1, 0.15) is 5.58 Å². The van der Waals surface area contributed by atoms with Gasteiger partial charge in [0.05, 0.1) is 0 Å². The van der Waals surface area contributed by atoms with Crippen molar-refractivity contribution in [3.05, 3.63) is 101 Å². The number of rotatable bonds is 3. The van der Waals surface area contributed by atoms with Gasteiger partial charge in [0, 0.05) is 29.7 Å². The minimum Gasteiger partial charge on any atom is -0.451 e. The molecule has 0 bridgehead atoms. The Morgan fingerprint density at radius 2 is 1.67 bits per heavy atom. The number of anilines is 1. The molecule has 1 aromatic heterocycles. The molecule has 0 saturated carbocycles. The molecule has 148 valence electrons. The average molecular weight is 396 g/mol. The third-order valence-corrected chi connectivity index (χ3v) is 5.43. The molecule has 0 unspecified atom stereocenters. The lowest BCUT2D eigenvalue weighted by molar-refractivity contribution is 0.0734. The minimum absolute atomic E-state index is 0.0259. The minimum atomic E-state index is -0.292. The van der Waals surface area contributed by atoms with E-state index in [1.54, 1.807) is 6.07 Å². The van der Waals surface area contributed by atoms with Gasteiger partial charge in [-0.3, -0.25) is 9.59 Å². The lowest BCUT2D eigenvalue weighted by Gasteiger charge is -2.29. The largest absolute Gasteiger partial charge is 0.451 e. The molecule has 1 aliphatic heterocycles. The zero-order chi connectivity index (χ0) is 20.5. The van der Waals surface area contributed by atoms with E-state index in [0.717, 1.165) is 17.4 Å². The Morgan fingerprint density at radius 3 is 2.50 bits per heavy atom. The van der Waals surface area contributed by atoms with E-state index in [4.69, 9.17) is 4.42 Å². The van der Waals surface area contributed by atoms with Gasteiger partial charge in [-0.1, -0.05) is 42.5 Å². The van der Waals surface area contributed by atoms with Crippen molar-refractivity contribution >= 4 is 28.5 Å². The van der Waals surface area contributed by atoms with Crippen molar-refractivity contribution in [2.24, 2.45) is 0 Å². The number of benzene rings is 3. The molecule has 0 radical (unpaired) electrons. The highest BCUT2D eigenvalue weighted by Gasteiger charge is 2.22. The van der Waals surface area contributed by atoms with Crippen LogP contribution in [0.5, 0.6) is 0 Å². The van der Waals surface area contributed by atoms with Crippen LogP contribution in [0, 0.1) is 0 Å². The number of para-hydroxylation sites is 1. The number of hydrogen-bond acceptors (Lipinski definition) is 3. The van der Waals surface area contributed by atoms with Crippen LogP contribution in [-0.4, -0.2) is 23.3 Å². The van der Waals surface area contributed by atoms with E-state index in [1.807, 2.05) is 77.7 Å². The summed E-state index contributed by atoms with van der Waals surface area (Å²) in [5.41, 5.74) is 4.31. The normalized spacial score (nSPS) is 13.1. The smallest absolute Gasteiger partial charge is 0.291 e. The lowest BCUT2D eigenvalue weighted by Crippen LogP contribution is -2.36. The van der Waals surface area contributed by atoms with Crippen molar-refractivity contribution in [1.82, 2.24) is 4.90 Å². The summed E-state index contributed by atoms with van der Waals surface area (Å²) in [6.45, 7) is 1.21. The van der Waals surface area contributed by atoms with Crippen LogP contribution in [0.3, 0.4) is 0 Å². The van der Waals surface area contributed by atoms with Crippen LogP contribution in [0.15, 0.2) is 83.3 Å². The van der Waals surface area contributed by atoms with Crippen LogP contribution >= 0.6 is 0 Å². The summed E-state index contributed by atoms with van der Waals surface area (Å²) in [5, 5.41) is 3.80. The summed E-state index contributed by atoms with van der Waals surface area (Å²) in [7, 11) is 0. The summed E-state index contributed by atoms with van der Waals surface area (Å²) < 4.78 is 5.65. The second kappa shape index (κ2) is 7.52. The number of nitrogens with zero attached hydrogens (tertiary/aromatic N) is 1. The van der Waals surface area contributed by atoms with Gasteiger partial charge in [0.2, 0.25) is 0 Å². The fourth-order valence-electron chi connectivity index (χ4n) is 3.86. The highest BCUT2D eigenvalue weighted by atomic mass is 16.3. The Balaban J connectivity index is 1.34. The summed E-state index contributed by atoms with van der Waals surface area (Å²) in [4.78, 5) is 27.3. The molecule has 1 N–H and O–H groups in total. The van der Waals surface area contributed by atoms with Crippen LogP contribution in [0.1, 0.15) is 32.0 Å². The Hall–Kier alpha value is -3.86. The number of carbonyl (C=O) groups is 2. The van der Waals surface area contributed by atoms with Gasteiger partial charge < -0.3 is 14.6 Å². The molecule has 0 fully saturated rings. The fourth-order valence-corrected chi connectivity index (χ4v) is 3.86.